The van der Waals surface area contributed by atoms with Crippen molar-refractivity contribution >= 4 is 23.5 Å². The summed E-state index contributed by atoms with van der Waals surface area (Å²) in [6, 6.07) is 8.01. The van der Waals surface area contributed by atoms with Gasteiger partial charge in [0.1, 0.15) is 5.92 Å². The Balaban J connectivity index is 1.37. The van der Waals surface area contributed by atoms with Crippen molar-refractivity contribution < 1.29 is 19.5 Å². The summed E-state index contributed by atoms with van der Waals surface area (Å²) in [7, 11) is 0. The van der Waals surface area contributed by atoms with Crippen LogP contribution in [0.25, 0.3) is 0 Å². The number of carbonyl (C=O) groups is 3. The summed E-state index contributed by atoms with van der Waals surface area (Å²) in [5.41, 5.74) is 1.97. The molecule has 2 amide bonds. The molecule has 6 nitrogen and oxygen atoms in total. The van der Waals surface area contributed by atoms with Crippen LogP contribution in [0.3, 0.4) is 0 Å². The minimum Gasteiger partial charge on any atom is -0.481 e. The van der Waals surface area contributed by atoms with Crippen LogP contribution in [0.2, 0.25) is 0 Å². The third-order valence-corrected chi connectivity index (χ3v) is 6.93. The molecular weight excluding hydrogens is 356 g/mol. The van der Waals surface area contributed by atoms with Gasteiger partial charge in [-0.2, -0.15) is 0 Å². The van der Waals surface area contributed by atoms with E-state index in [4.69, 9.17) is 0 Å². The summed E-state index contributed by atoms with van der Waals surface area (Å²) >= 11 is 0. The number of benzene rings is 1. The summed E-state index contributed by atoms with van der Waals surface area (Å²) in [6.45, 7) is 5.96. The van der Waals surface area contributed by atoms with Gasteiger partial charge >= 0.3 is 5.97 Å². The zero-order chi connectivity index (χ0) is 20.1. The lowest BCUT2D eigenvalue weighted by molar-refractivity contribution is -0.141. The van der Waals surface area contributed by atoms with Crippen LogP contribution < -0.4 is 4.90 Å². The number of rotatable bonds is 4. The van der Waals surface area contributed by atoms with E-state index in [1.54, 1.807) is 9.80 Å². The fraction of sp³-hybridized carbons (Fsp3) is 0.591. The van der Waals surface area contributed by atoms with E-state index in [2.05, 4.69) is 13.8 Å². The summed E-state index contributed by atoms with van der Waals surface area (Å²) in [6.07, 6.45) is 2.74. The van der Waals surface area contributed by atoms with Crippen LogP contribution in [-0.4, -0.2) is 47.4 Å². The van der Waals surface area contributed by atoms with Crippen LogP contribution in [0.5, 0.6) is 0 Å². The van der Waals surface area contributed by atoms with Crippen molar-refractivity contribution in [2.75, 3.05) is 24.5 Å². The molecule has 2 aliphatic heterocycles. The van der Waals surface area contributed by atoms with E-state index in [-0.39, 0.29) is 23.1 Å². The first kappa shape index (κ1) is 19.0. The molecule has 0 radical (unpaired) electrons. The normalized spacial score (nSPS) is 26.2. The Morgan fingerprint density at radius 3 is 2.29 bits per heavy atom. The fourth-order valence-corrected chi connectivity index (χ4v) is 4.85. The van der Waals surface area contributed by atoms with Gasteiger partial charge in [0.2, 0.25) is 11.8 Å². The molecular formula is C22H28N2O4. The van der Waals surface area contributed by atoms with Gasteiger partial charge < -0.3 is 14.9 Å². The average molecular weight is 384 g/mol. The van der Waals surface area contributed by atoms with Gasteiger partial charge in [0.25, 0.3) is 0 Å². The number of aliphatic carboxylic acids is 1. The van der Waals surface area contributed by atoms with E-state index >= 15 is 0 Å². The van der Waals surface area contributed by atoms with Crippen molar-refractivity contribution in [1.82, 2.24) is 4.90 Å². The topological polar surface area (TPSA) is 77.9 Å². The Morgan fingerprint density at radius 2 is 1.75 bits per heavy atom. The molecule has 4 rings (SSSR count). The SMILES string of the molecule is CC(C)c1ccc(N2CCC(C(=O)N3CCC4(CC3)CC4C(=O)O)C2=O)cc1. The van der Waals surface area contributed by atoms with E-state index in [9.17, 15) is 19.5 Å². The molecule has 1 aliphatic carbocycles. The van der Waals surface area contributed by atoms with E-state index < -0.39 is 11.9 Å². The van der Waals surface area contributed by atoms with Gasteiger partial charge in [0.15, 0.2) is 0 Å². The maximum atomic E-state index is 12.9. The lowest BCUT2D eigenvalue weighted by Crippen LogP contribution is -2.45. The zero-order valence-electron chi connectivity index (χ0n) is 16.6. The molecule has 0 bridgehead atoms. The average Bonchev–Trinajstić information content (AvgIpc) is 3.25. The van der Waals surface area contributed by atoms with Gasteiger partial charge in [-0.15, -0.1) is 0 Å². The molecule has 150 valence electrons. The molecule has 1 aromatic carbocycles. The minimum atomic E-state index is -0.718. The number of likely N-dealkylation sites (tertiary alicyclic amines) is 1. The molecule has 1 saturated carbocycles. The molecule has 1 spiro atoms. The van der Waals surface area contributed by atoms with Gasteiger partial charge in [0.05, 0.1) is 5.92 Å². The fourth-order valence-electron chi connectivity index (χ4n) is 4.85. The number of carbonyl (C=O) groups excluding carboxylic acids is 2. The molecule has 2 saturated heterocycles. The standard InChI is InChI=1S/C22H28N2O4/c1-14(2)15-3-5-16(6-4-15)24-10-7-17(20(24)26)19(25)23-11-8-22(9-12-23)13-18(22)21(27)28/h3-6,14,17-18H,7-13H2,1-2H3,(H,27,28). The highest BCUT2D eigenvalue weighted by molar-refractivity contribution is 6.09. The lowest BCUT2D eigenvalue weighted by Gasteiger charge is -2.33. The van der Waals surface area contributed by atoms with Crippen molar-refractivity contribution in [3.63, 3.8) is 0 Å². The van der Waals surface area contributed by atoms with Crippen molar-refractivity contribution in [2.45, 2.75) is 45.4 Å². The van der Waals surface area contributed by atoms with Gasteiger partial charge in [-0.3, -0.25) is 14.4 Å². The molecule has 3 fully saturated rings. The number of piperidine rings is 1. The number of carboxylic acids is 1. The number of hydrogen-bond acceptors (Lipinski definition) is 3. The predicted molar refractivity (Wildman–Crippen MR) is 105 cm³/mol. The number of carboxylic acid groups (broad SMARTS) is 1. The van der Waals surface area contributed by atoms with Crippen LogP contribution in [0.15, 0.2) is 24.3 Å². The minimum absolute atomic E-state index is 0.0892. The second kappa shape index (κ2) is 6.90. The molecule has 6 heteroatoms. The lowest BCUT2D eigenvalue weighted by atomic mass is 9.90. The number of nitrogens with zero attached hydrogens (tertiary/aromatic N) is 2. The molecule has 0 aromatic heterocycles. The van der Waals surface area contributed by atoms with E-state index in [1.807, 2.05) is 24.3 Å². The summed E-state index contributed by atoms with van der Waals surface area (Å²) in [4.78, 5) is 40.5. The van der Waals surface area contributed by atoms with Gasteiger partial charge in [-0.1, -0.05) is 26.0 Å². The number of anilines is 1. The molecule has 1 aromatic rings. The van der Waals surface area contributed by atoms with Gasteiger partial charge in [0, 0.05) is 25.3 Å². The quantitative estimate of drug-likeness (QED) is 0.810. The monoisotopic (exact) mass is 384 g/mol. The second-order valence-electron chi connectivity index (χ2n) is 8.86. The van der Waals surface area contributed by atoms with Crippen molar-refractivity contribution in [3.8, 4) is 0 Å². The van der Waals surface area contributed by atoms with Crippen molar-refractivity contribution in [2.24, 2.45) is 17.3 Å². The number of hydrogen-bond donors (Lipinski definition) is 1. The van der Waals surface area contributed by atoms with Gasteiger partial charge in [-0.05, 0) is 54.7 Å². The third kappa shape index (κ3) is 3.19. The van der Waals surface area contributed by atoms with Crippen LogP contribution in [0.4, 0.5) is 5.69 Å². The van der Waals surface area contributed by atoms with Crippen LogP contribution in [0.1, 0.15) is 51.0 Å². The summed E-state index contributed by atoms with van der Waals surface area (Å²) in [5, 5.41) is 9.21. The Hall–Kier alpha value is -2.37. The largest absolute Gasteiger partial charge is 0.481 e. The zero-order valence-corrected chi connectivity index (χ0v) is 16.6. The summed E-state index contributed by atoms with van der Waals surface area (Å²) < 4.78 is 0. The first-order chi connectivity index (χ1) is 13.3. The molecule has 28 heavy (non-hydrogen) atoms. The number of amides is 2. The Labute approximate surface area is 165 Å². The van der Waals surface area contributed by atoms with E-state index in [1.165, 1.54) is 5.56 Å². The van der Waals surface area contributed by atoms with E-state index in [0.29, 0.717) is 32.0 Å². The first-order valence-corrected chi connectivity index (χ1v) is 10.3. The van der Waals surface area contributed by atoms with Crippen LogP contribution in [0, 0.1) is 17.3 Å². The van der Waals surface area contributed by atoms with Crippen molar-refractivity contribution in [1.29, 1.82) is 0 Å². The Morgan fingerprint density at radius 1 is 1.11 bits per heavy atom. The Kier molecular flexibility index (Phi) is 4.68. The smallest absolute Gasteiger partial charge is 0.307 e. The van der Waals surface area contributed by atoms with E-state index in [0.717, 1.165) is 24.9 Å². The second-order valence-corrected chi connectivity index (χ2v) is 8.86. The van der Waals surface area contributed by atoms with Gasteiger partial charge in [-0.25, -0.2) is 0 Å². The highest BCUT2D eigenvalue weighted by Crippen LogP contribution is 2.59. The molecule has 2 heterocycles. The highest BCUT2D eigenvalue weighted by atomic mass is 16.4. The Bertz CT molecular complexity index is 793. The molecule has 2 unspecified atom stereocenters. The van der Waals surface area contributed by atoms with Crippen LogP contribution in [-0.2, 0) is 14.4 Å². The first-order valence-electron chi connectivity index (χ1n) is 10.3. The highest BCUT2D eigenvalue weighted by Gasteiger charge is 2.59. The molecule has 2 atom stereocenters. The maximum Gasteiger partial charge on any atom is 0.307 e. The predicted octanol–water partition coefficient (Wildman–Crippen LogP) is 2.88. The third-order valence-electron chi connectivity index (χ3n) is 6.93. The van der Waals surface area contributed by atoms with Crippen LogP contribution >= 0.6 is 0 Å². The molecule has 3 aliphatic rings. The maximum absolute atomic E-state index is 12.9. The van der Waals surface area contributed by atoms with Crippen molar-refractivity contribution in [3.05, 3.63) is 29.8 Å². The molecule has 1 N–H and O–H groups in total. The summed E-state index contributed by atoms with van der Waals surface area (Å²) in [5.74, 6) is -1.33.